The van der Waals surface area contributed by atoms with Crippen molar-refractivity contribution in [1.82, 2.24) is 9.88 Å². The Labute approximate surface area is 214 Å². The van der Waals surface area contributed by atoms with Crippen molar-refractivity contribution in [3.8, 4) is 22.8 Å². The molecule has 0 radical (unpaired) electrons. The van der Waals surface area contributed by atoms with Gasteiger partial charge in [-0.3, -0.25) is 4.79 Å². The Hall–Kier alpha value is -4.58. The molecule has 37 heavy (non-hydrogen) atoms. The molecule has 1 amide bonds. The number of ether oxygens (including phenoxy) is 2. The standard InChI is InChI=1S/C31H25FN2O3/c1-36-21-15-16-27(37-2)25(17-21)29-28(24-9-5-6-10-26(24)33-29)30-22-7-3-4-8-23(22)31(35)34(30)18-19-11-13-20(32)14-12-19/h3-17,30,33H,18H2,1-2H3/t30-/m1/s1. The lowest BCUT2D eigenvalue weighted by molar-refractivity contribution is 0.0737. The van der Waals surface area contributed by atoms with E-state index in [-0.39, 0.29) is 17.8 Å². The summed E-state index contributed by atoms with van der Waals surface area (Å²) in [5.74, 6) is 1.03. The van der Waals surface area contributed by atoms with Crippen molar-refractivity contribution in [3.05, 3.63) is 119 Å². The number of hydrogen-bond acceptors (Lipinski definition) is 3. The summed E-state index contributed by atoms with van der Waals surface area (Å²) in [5, 5.41) is 1.01. The number of fused-ring (bicyclic) bond motifs is 2. The summed E-state index contributed by atoms with van der Waals surface area (Å²) in [4.78, 5) is 19.2. The number of amides is 1. The zero-order valence-electron chi connectivity index (χ0n) is 20.5. The van der Waals surface area contributed by atoms with Crippen LogP contribution in [0, 0.1) is 5.82 Å². The molecule has 2 heterocycles. The Balaban J connectivity index is 1.61. The number of halogens is 1. The molecule has 0 bridgehead atoms. The summed E-state index contributed by atoms with van der Waals surface area (Å²) in [6.07, 6.45) is 0. The molecule has 6 rings (SSSR count). The molecule has 184 valence electrons. The maximum Gasteiger partial charge on any atom is 0.255 e. The van der Waals surface area contributed by atoms with Crippen LogP contribution < -0.4 is 9.47 Å². The van der Waals surface area contributed by atoms with Gasteiger partial charge in [-0.05, 0) is 53.6 Å². The maximum absolute atomic E-state index is 13.8. The molecule has 0 fully saturated rings. The van der Waals surface area contributed by atoms with Crippen LogP contribution in [0.4, 0.5) is 4.39 Å². The predicted molar refractivity (Wildman–Crippen MR) is 141 cm³/mol. The number of nitrogens with one attached hydrogen (secondary N) is 1. The lowest BCUT2D eigenvalue weighted by atomic mass is 9.92. The van der Waals surface area contributed by atoms with Crippen LogP contribution in [0.1, 0.15) is 33.1 Å². The molecule has 5 nitrogen and oxygen atoms in total. The first-order chi connectivity index (χ1) is 18.1. The van der Waals surface area contributed by atoms with Crippen LogP contribution in [-0.4, -0.2) is 30.0 Å². The first kappa shape index (κ1) is 22.9. The number of aromatic amines is 1. The molecule has 0 spiro atoms. The van der Waals surface area contributed by atoms with Crippen LogP contribution in [0.15, 0.2) is 91.0 Å². The summed E-state index contributed by atoms with van der Waals surface area (Å²) >= 11 is 0. The molecule has 6 heteroatoms. The van der Waals surface area contributed by atoms with Crippen LogP contribution in [0.25, 0.3) is 22.2 Å². The minimum absolute atomic E-state index is 0.0567. The quantitative estimate of drug-likeness (QED) is 0.286. The molecule has 4 aromatic carbocycles. The number of rotatable bonds is 6. The SMILES string of the molecule is COc1ccc(OC)c(-c2[nH]c3ccccc3c2[C@H]2c3ccccc3C(=O)N2Cc2ccc(F)cc2)c1. The lowest BCUT2D eigenvalue weighted by Gasteiger charge is -2.27. The molecule has 0 unspecified atom stereocenters. The van der Waals surface area contributed by atoms with Crippen molar-refractivity contribution in [2.75, 3.05) is 14.2 Å². The summed E-state index contributed by atoms with van der Waals surface area (Å²) in [6.45, 7) is 0.340. The second-order valence-corrected chi connectivity index (χ2v) is 9.07. The van der Waals surface area contributed by atoms with Gasteiger partial charge in [0.15, 0.2) is 0 Å². The average molecular weight is 493 g/mol. The van der Waals surface area contributed by atoms with Gasteiger partial charge >= 0.3 is 0 Å². The number of H-pyrrole nitrogens is 1. The fourth-order valence-corrected chi connectivity index (χ4v) is 5.30. The molecule has 5 aromatic rings. The Morgan fingerprint density at radius 2 is 1.62 bits per heavy atom. The van der Waals surface area contributed by atoms with Crippen molar-refractivity contribution >= 4 is 16.8 Å². The number of carbonyl (C=O) groups is 1. The largest absolute Gasteiger partial charge is 0.497 e. The van der Waals surface area contributed by atoms with Crippen molar-refractivity contribution in [2.24, 2.45) is 0 Å². The van der Waals surface area contributed by atoms with Crippen molar-refractivity contribution in [1.29, 1.82) is 0 Å². The molecule has 1 aliphatic heterocycles. The van der Waals surface area contributed by atoms with Gasteiger partial charge in [0, 0.05) is 34.1 Å². The van der Waals surface area contributed by atoms with Gasteiger partial charge in [-0.2, -0.15) is 0 Å². The van der Waals surface area contributed by atoms with Crippen molar-refractivity contribution < 1.29 is 18.7 Å². The maximum atomic E-state index is 13.8. The van der Waals surface area contributed by atoms with E-state index >= 15 is 0 Å². The monoisotopic (exact) mass is 492 g/mol. The highest BCUT2D eigenvalue weighted by atomic mass is 19.1. The Morgan fingerprint density at radius 3 is 2.41 bits per heavy atom. The molecule has 0 saturated carbocycles. The molecule has 0 aliphatic carbocycles. The van der Waals surface area contributed by atoms with Gasteiger partial charge in [-0.1, -0.05) is 48.5 Å². The highest BCUT2D eigenvalue weighted by molar-refractivity contribution is 6.02. The van der Waals surface area contributed by atoms with Gasteiger partial charge in [-0.25, -0.2) is 4.39 Å². The normalized spacial score (nSPS) is 14.7. The molecule has 1 aliphatic rings. The highest BCUT2D eigenvalue weighted by Gasteiger charge is 2.40. The Morgan fingerprint density at radius 1 is 0.865 bits per heavy atom. The fourth-order valence-electron chi connectivity index (χ4n) is 5.30. The molecule has 1 aromatic heterocycles. The minimum atomic E-state index is -0.365. The average Bonchev–Trinajstić information content (AvgIpc) is 3.44. The third-order valence-corrected chi connectivity index (χ3v) is 7.02. The van der Waals surface area contributed by atoms with Crippen LogP contribution in [0.3, 0.4) is 0 Å². The number of aromatic nitrogens is 1. The van der Waals surface area contributed by atoms with E-state index in [1.807, 2.05) is 65.6 Å². The van der Waals surface area contributed by atoms with E-state index in [0.29, 0.717) is 23.6 Å². The third-order valence-electron chi connectivity index (χ3n) is 7.02. The van der Waals surface area contributed by atoms with Crippen LogP contribution >= 0.6 is 0 Å². The second kappa shape index (κ2) is 9.13. The van der Waals surface area contributed by atoms with E-state index in [1.54, 1.807) is 26.4 Å². The van der Waals surface area contributed by atoms with Crippen molar-refractivity contribution in [2.45, 2.75) is 12.6 Å². The zero-order valence-corrected chi connectivity index (χ0v) is 20.5. The van der Waals surface area contributed by atoms with E-state index in [0.717, 1.165) is 38.9 Å². The van der Waals surface area contributed by atoms with Gasteiger partial charge in [0.05, 0.1) is 26.0 Å². The number of hydrogen-bond donors (Lipinski definition) is 1. The van der Waals surface area contributed by atoms with E-state index in [2.05, 4.69) is 11.1 Å². The van der Waals surface area contributed by atoms with Gasteiger partial charge in [-0.15, -0.1) is 0 Å². The minimum Gasteiger partial charge on any atom is -0.497 e. The summed E-state index contributed by atoms with van der Waals surface area (Å²) < 4.78 is 24.9. The van der Waals surface area contributed by atoms with E-state index in [1.165, 1.54) is 12.1 Å². The van der Waals surface area contributed by atoms with Gasteiger partial charge < -0.3 is 19.4 Å². The lowest BCUT2D eigenvalue weighted by Crippen LogP contribution is -2.28. The number of carbonyl (C=O) groups excluding carboxylic acids is 1. The summed E-state index contributed by atoms with van der Waals surface area (Å²) in [6, 6.07) is 27.4. The van der Waals surface area contributed by atoms with Crippen LogP contribution in [0.5, 0.6) is 11.5 Å². The zero-order chi connectivity index (χ0) is 25.5. The van der Waals surface area contributed by atoms with Gasteiger partial charge in [0.2, 0.25) is 0 Å². The molecule has 1 N–H and O–H groups in total. The topological polar surface area (TPSA) is 54.6 Å². The molecule has 1 atom stereocenters. The highest BCUT2D eigenvalue weighted by Crippen LogP contribution is 2.47. The number of nitrogens with zero attached hydrogens (tertiary/aromatic N) is 1. The van der Waals surface area contributed by atoms with Crippen LogP contribution in [-0.2, 0) is 6.54 Å². The molecular weight excluding hydrogens is 467 g/mol. The fraction of sp³-hybridized carbons (Fsp3) is 0.129. The summed E-state index contributed by atoms with van der Waals surface area (Å²) in [7, 11) is 3.27. The Bertz CT molecular complexity index is 1620. The molecular formula is C31H25FN2O3. The predicted octanol–water partition coefficient (Wildman–Crippen LogP) is 6.74. The number of methoxy groups -OCH3 is 2. The molecule has 0 saturated heterocycles. The smallest absolute Gasteiger partial charge is 0.255 e. The Kier molecular flexibility index (Phi) is 5.64. The first-order valence-corrected chi connectivity index (χ1v) is 12.1. The van der Waals surface area contributed by atoms with Gasteiger partial charge in [0.1, 0.15) is 17.3 Å². The third kappa shape index (κ3) is 3.82. The number of benzene rings is 4. The summed E-state index contributed by atoms with van der Waals surface area (Å²) in [5.41, 5.74) is 6.08. The van der Waals surface area contributed by atoms with Crippen LogP contribution in [0.2, 0.25) is 0 Å². The van der Waals surface area contributed by atoms with E-state index in [9.17, 15) is 9.18 Å². The van der Waals surface area contributed by atoms with E-state index in [4.69, 9.17) is 9.47 Å². The van der Waals surface area contributed by atoms with Gasteiger partial charge in [0.25, 0.3) is 5.91 Å². The first-order valence-electron chi connectivity index (χ1n) is 12.1. The van der Waals surface area contributed by atoms with Crippen molar-refractivity contribution in [3.63, 3.8) is 0 Å². The second-order valence-electron chi connectivity index (χ2n) is 9.07. The number of para-hydroxylation sites is 1. The van der Waals surface area contributed by atoms with E-state index < -0.39 is 0 Å².